The van der Waals surface area contributed by atoms with E-state index < -0.39 is 26.9 Å². The molecule has 142 valence electrons. The number of phenols is 1. The molecule has 0 aromatic heterocycles. The zero-order valence-electron chi connectivity index (χ0n) is 14.6. The number of amides is 1. The standard InChI is InChI=1S/C18H18ClN3O4S/c1-10(2)27(25,26)16-12(19)8-9-13(15(16)23)20-18-21-14(17(24)22-18)11-6-4-3-5-7-11/h3-10,14,23H,1-2H3,(H2,20,21,22,24)/t14-/m1/s1. The number of halogens is 1. The van der Waals surface area contributed by atoms with Crippen LogP contribution in [0.15, 0.2) is 52.4 Å². The second-order valence-electron chi connectivity index (χ2n) is 6.27. The summed E-state index contributed by atoms with van der Waals surface area (Å²) in [5, 5.41) is 15.0. The lowest BCUT2D eigenvalue weighted by atomic mass is 10.1. The van der Waals surface area contributed by atoms with Gasteiger partial charge in [0.1, 0.15) is 4.90 Å². The molecule has 0 radical (unpaired) electrons. The Kier molecular flexibility index (Phi) is 5.12. The molecular formula is C18H18ClN3O4S. The molecule has 7 nitrogen and oxygen atoms in total. The number of carbonyl (C=O) groups excluding carboxylic acids is 1. The highest BCUT2D eigenvalue weighted by Gasteiger charge is 2.30. The van der Waals surface area contributed by atoms with Gasteiger partial charge in [-0.15, -0.1) is 0 Å². The highest BCUT2D eigenvalue weighted by molar-refractivity contribution is 7.92. The Morgan fingerprint density at radius 3 is 2.48 bits per heavy atom. The second-order valence-corrected chi connectivity index (χ2v) is 9.12. The summed E-state index contributed by atoms with van der Waals surface area (Å²) in [6.45, 7) is 2.99. The molecule has 0 bridgehead atoms. The molecule has 2 aromatic carbocycles. The third-order valence-corrected chi connectivity index (χ3v) is 6.76. The molecule has 0 saturated carbocycles. The van der Waals surface area contributed by atoms with Gasteiger partial charge in [-0.25, -0.2) is 13.4 Å². The van der Waals surface area contributed by atoms with Crippen molar-refractivity contribution in [2.45, 2.75) is 30.0 Å². The highest BCUT2D eigenvalue weighted by Crippen LogP contribution is 2.38. The molecule has 0 spiro atoms. The van der Waals surface area contributed by atoms with Crippen molar-refractivity contribution in [1.82, 2.24) is 5.32 Å². The minimum atomic E-state index is -3.81. The molecule has 2 aromatic rings. The van der Waals surface area contributed by atoms with E-state index in [-0.39, 0.29) is 27.5 Å². The molecule has 3 rings (SSSR count). The molecule has 0 fully saturated rings. The number of aromatic hydroxyl groups is 1. The van der Waals surface area contributed by atoms with Gasteiger partial charge < -0.3 is 10.4 Å². The molecule has 1 aliphatic heterocycles. The van der Waals surface area contributed by atoms with Crippen LogP contribution in [0.5, 0.6) is 5.75 Å². The average molecular weight is 408 g/mol. The van der Waals surface area contributed by atoms with Crippen LogP contribution in [-0.2, 0) is 14.6 Å². The molecule has 0 aliphatic carbocycles. The van der Waals surface area contributed by atoms with Crippen LogP contribution in [0.25, 0.3) is 0 Å². The van der Waals surface area contributed by atoms with Crippen molar-refractivity contribution >= 4 is 39.0 Å². The van der Waals surface area contributed by atoms with Gasteiger partial charge in [0, 0.05) is 0 Å². The van der Waals surface area contributed by atoms with Crippen molar-refractivity contribution in [2.24, 2.45) is 4.99 Å². The molecule has 1 amide bonds. The number of phenolic OH excluding ortho intramolecular Hbond substituents is 1. The lowest BCUT2D eigenvalue weighted by molar-refractivity contribution is -0.120. The second kappa shape index (κ2) is 7.21. The number of aliphatic imine (C=N–C) groups is 1. The molecule has 0 unspecified atom stereocenters. The van der Waals surface area contributed by atoms with Crippen molar-refractivity contribution in [3.63, 3.8) is 0 Å². The minimum Gasteiger partial charge on any atom is -0.504 e. The number of hydrogen-bond acceptors (Lipinski definition) is 6. The number of rotatable bonds is 4. The highest BCUT2D eigenvalue weighted by atomic mass is 35.5. The van der Waals surface area contributed by atoms with E-state index in [0.717, 1.165) is 5.56 Å². The van der Waals surface area contributed by atoms with E-state index in [0.29, 0.717) is 0 Å². The summed E-state index contributed by atoms with van der Waals surface area (Å²) in [6.07, 6.45) is 0. The van der Waals surface area contributed by atoms with Gasteiger partial charge >= 0.3 is 0 Å². The normalized spacial score (nSPS) is 17.0. The van der Waals surface area contributed by atoms with Gasteiger partial charge in [0.05, 0.1) is 16.0 Å². The third kappa shape index (κ3) is 3.63. The van der Waals surface area contributed by atoms with Crippen LogP contribution < -0.4 is 10.6 Å². The van der Waals surface area contributed by atoms with E-state index in [1.165, 1.54) is 26.0 Å². The predicted molar refractivity (Wildman–Crippen MR) is 104 cm³/mol. The van der Waals surface area contributed by atoms with E-state index in [4.69, 9.17) is 11.6 Å². The fraction of sp³-hybridized carbons (Fsp3) is 0.222. The van der Waals surface area contributed by atoms with Crippen LogP contribution in [0.4, 0.5) is 5.69 Å². The molecular weight excluding hydrogens is 390 g/mol. The Labute approximate surface area is 162 Å². The van der Waals surface area contributed by atoms with Crippen molar-refractivity contribution in [3.05, 3.63) is 53.1 Å². The summed E-state index contributed by atoms with van der Waals surface area (Å²) in [7, 11) is -3.81. The van der Waals surface area contributed by atoms with E-state index in [2.05, 4.69) is 15.6 Å². The summed E-state index contributed by atoms with van der Waals surface area (Å²) in [5.41, 5.74) is 0.793. The van der Waals surface area contributed by atoms with E-state index in [9.17, 15) is 18.3 Å². The average Bonchev–Trinajstić information content (AvgIpc) is 2.98. The minimum absolute atomic E-state index is 0.0754. The number of anilines is 1. The third-order valence-electron chi connectivity index (χ3n) is 4.11. The molecule has 1 heterocycles. The molecule has 9 heteroatoms. The van der Waals surface area contributed by atoms with E-state index in [1.807, 2.05) is 6.07 Å². The van der Waals surface area contributed by atoms with Gasteiger partial charge in [0.2, 0.25) is 5.96 Å². The first-order valence-corrected chi connectivity index (χ1v) is 10.1. The fourth-order valence-corrected chi connectivity index (χ4v) is 4.28. The Bertz CT molecular complexity index is 1020. The zero-order valence-corrected chi connectivity index (χ0v) is 16.2. The SMILES string of the molecule is CC(C)S(=O)(=O)c1c(Cl)ccc(NC2=N[C@H](c3ccccc3)C(=O)N2)c1O. The number of guanidine groups is 1. The zero-order chi connectivity index (χ0) is 19.8. The number of benzene rings is 2. The first-order chi connectivity index (χ1) is 12.7. The van der Waals surface area contributed by atoms with Crippen molar-refractivity contribution in [1.29, 1.82) is 0 Å². The largest absolute Gasteiger partial charge is 0.504 e. The topological polar surface area (TPSA) is 108 Å². The summed E-state index contributed by atoms with van der Waals surface area (Å²) in [5.74, 6) is -0.733. The molecule has 27 heavy (non-hydrogen) atoms. The van der Waals surface area contributed by atoms with Crippen molar-refractivity contribution in [3.8, 4) is 5.75 Å². The Balaban J connectivity index is 1.94. The maximum absolute atomic E-state index is 12.5. The smallest absolute Gasteiger partial charge is 0.256 e. The lowest BCUT2D eigenvalue weighted by Gasteiger charge is -2.15. The van der Waals surface area contributed by atoms with Gasteiger partial charge in [-0.1, -0.05) is 41.9 Å². The Morgan fingerprint density at radius 2 is 1.85 bits per heavy atom. The summed E-state index contributed by atoms with van der Waals surface area (Å²) < 4.78 is 25.0. The number of hydrogen-bond donors (Lipinski definition) is 3. The van der Waals surface area contributed by atoms with Gasteiger partial charge in [-0.2, -0.15) is 0 Å². The summed E-state index contributed by atoms with van der Waals surface area (Å²) >= 11 is 6.01. The van der Waals surface area contributed by atoms with E-state index in [1.54, 1.807) is 24.3 Å². The van der Waals surface area contributed by atoms with Gasteiger partial charge in [-0.05, 0) is 31.5 Å². The lowest BCUT2D eigenvalue weighted by Crippen LogP contribution is -2.31. The number of nitrogens with one attached hydrogen (secondary N) is 2. The van der Waals surface area contributed by atoms with Gasteiger partial charge in [-0.3, -0.25) is 10.1 Å². The van der Waals surface area contributed by atoms with Crippen LogP contribution in [0.1, 0.15) is 25.5 Å². The van der Waals surface area contributed by atoms with Crippen molar-refractivity contribution in [2.75, 3.05) is 5.32 Å². The summed E-state index contributed by atoms with van der Waals surface area (Å²) in [4.78, 5) is 16.1. The molecule has 0 saturated heterocycles. The van der Waals surface area contributed by atoms with Crippen LogP contribution in [0, 0.1) is 0 Å². The van der Waals surface area contributed by atoms with Crippen LogP contribution >= 0.6 is 11.6 Å². The van der Waals surface area contributed by atoms with Gasteiger partial charge in [0.15, 0.2) is 21.6 Å². The monoisotopic (exact) mass is 407 g/mol. The van der Waals surface area contributed by atoms with Crippen LogP contribution in [-0.4, -0.2) is 30.6 Å². The number of carbonyl (C=O) groups is 1. The maximum atomic E-state index is 12.5. The number of sulfone groups is 1. The van der Waals surface area contributed by atoms with Crippen LogP contribution in [0.2, 0.25) is 5.02 Å². The van der Waals surface area contributed by atoms with Gasteiger partial charge in [0.25, 0.3) is 5.91 Å². The maximum Gasteiger partial charge on any atom is 0.256 e. The fourth-order valence-electron chi connectivity index (χ4n) is 2.61. The number of nitrogens with zero attached hydrogens (tertiary/aromatic N) is 1. The summed E-state index contributed by atoms with van der Waals surface area (Å²) in [6, 6.07) is 11.1. The Hall–Kier alpha value is -2.58. The molecule has 3 N–H and O–H groups in total. The van der Waals surface area contributed by atoms with E-state index >= 15 is 0 Å². The first-order valence-electron chi connectivity index (χ1n) is 8.18. The van der Waals surface area contributed by atoms with Crippen molar-refractivity contribution < 1.29 is 18.3 Å². The van der Waals surface area contributed by atoms with Crippen LogP contribution in [0.3, 0.4) is 0 Å². The predicted octanol–water partition coefficient (Wildman–Crippen LogP) is 2.87. The molecule has 1 aliphatic rings. The molecule has 1 atom stereocenters. The first kappa shape index (κ1) is 19.2. The Morgan fingerprint density at radius 1 is 1.19 bits per heavy atom. The quantitative estimate of drug-likeness (QED) is 0.675.